The number of hydrogen-bond acceptors (Lipinski definition) is 4. The zero-order valence-corrected chi connectivity index (χ0v) is 13.5. The van der Waals surface area contributed by atoms with Crippen molar-refractivity contribution in [3.63, 3.8) is 0 Å². The van der Waals surface area contributed by atoms with Gasteiger partial charge < -0.3 is 0 Å². The maximum Gasteiger partial charge on any atom is 0.287 e. The zero-order chi connectivity index (χ0) is 15.9. The van der Waals surface area contributed by atoms with E-state index in [0.29, 0.717) is 17.6 Å². The van der Waals surface area contributed by atoms with E-state index in [0.717, 1.165) is 5.69 Å². The molecule has 1 aliphatic heterocycles. The molecule has 0 saturated carbocycles. The predicted octanol–water partition coefficient (Wildman–Crippen LogP) is 3.46. The monoisotopic (exact) mass is 315 g/mol. The highest BCUT2D eigenvalue weighted by Crippen LogP contribution is 2.35. The summed E-state index contributed by atoms with van der Waals surface area (Å²) in [6, 6.07) is 11.1. The first-order valence-electron chi connectivity index (χ1n) is 7.07. The third kappa shape index (κ3) is 2.39. The van der Waals surface area contributed by atoms with Gasteiger partial charge in [-0.15, -0.1) is 4.40 Å². The molecule has 0 aliphatic carbocycles. The van der Waals surface area contributed by atoms with Crippen LogP contribution in [0.25, 0.3) is 0 Å². The Morgan fingerprint density at radius 3 is 2.64 bits per heavy atom. The summed E-state index contributed by atoms with van der Waals surface area (Å²) in [5.41, 5.74) is 2.04. The van der Waals surface area contributed by atoms with E-state index in [2.05, 4.69) is 29.3 Å². The van der Waals surface area contributed by atoms with Gasteiger partial charge in [0.2, 0.25) is 0 Å². The van der Waals surface area contributed by atoms with Gasteiger partial charge in [-0.05, 0) is 42.7 Å². The van der Waals surface area contributed by atoms with Gasteiger partial charge in [0.1, 0.15) is 10.7 Å². The molecular formula is C16H17N3O2S. The van der Waals surface area contributed by atoms with Gasteiger partial charge in [-0.2, -0.15) is 8.42 Å². The Bertz CT molecular complexity index is 857. The standard InChI is InChI=1S/C16H17N3O2S/c1-11(2)13-6-4-7-14(10-13)19-12(3)18-22(20,21)15-8-5-9-17-16(15)19/h4-11H,1-3H3. The van der Waals surface area contributed by atoms with Crippen LogP contribution in [-0.4, -0.2) is 19.2 Å². The average Bonchev–Trinajstić information content (AvgIpc) is 2.47. The number of benzene rings is 1. The molecule has 22 heavy (non-hydrogen) atoms. The molecule has 2 aromatic rings. The van der Waals surface area contributed by atoms with E-state index in [1.807, 2.05) is 18.2 Å². The number of nitrogens with zero attached hydrogens (tertiary/aromatic N) is 3. The molecule has 1 aromatic carbocycles. The van der Waals surface area contributed by atoms with E-state index in [9.17, 15) is 8.42 Å². The highest BCUT2D eigenvalue weighted by molar-refractivity contribution is 7.90. The van der Waals surface area contributed by atoms with Crippen LogP contribution in [-0.2, 0) is 10.0 Å². The minimum atomic E-state index is -3.67. The number of pyridine rings is 1. The lowest BCUT2D eigenvalue weighted by atomic mass is 10.0. The molecule has 0 spiro atoms. The van der Waals surface area contributed by atoms with Gasteiger partial charge in [0, 0.05) is 11.9 Å². The molecule has 6 heteroatoms. The smallest absolute Gasteiger partial charge is 0.281 e. The van der Waals surface area contributed by atoms with Crippen LogP contribution in [0.2, 0.25) is 0 Å². The third-order valence-corrected chi connectivity index (χ3v) is 4.99. The SMILES string of the molecule is CC1=NS(=O)(=O)c2cccnc2N1c1cccc(C(C)C)c1. The fourth-order valence-electron chi connectivity index (χ4n) is 2.50. The van der Waals surface area contributed by atoms with E-state index >= 15 is 0 Å². The van der Waals surface area contributed by atoms with Crippen LogP contribution in [0.5, 0.6) is 0 Å². The summed E-state index contributed by atoms with van der Waals surface area (Å²) in [4.78, 5) is 6.18. The summed E-state index contributed by atoms with van der Waals surface area (Å²) in [6.07, 6.45) is 1.59. The van der Waals surface area contributed by atoms with Crippen molar-refractivity contribution in [3.8, 4) is 0 Å². The Kier molecular flexibility index (Phi) is 3.48. The zero-order valence-electron chi connectivity index (χ0n) is 12.7. The van der Waals surface area contributed by atoms with Crippen LogP contribution in [0.3, 0.4) is 0 Å². The number of anilines is 2. The van der Waals surface area contributed by atoms with E-state index in [4.69, 9.17) is 0 Å². The summed E-state index contributed by atoms with van der Waals surface area (Å²) in [6.45, 7) is 5.91. The summed E-state index contributed by atoms with van der Waals surface area (Å²) < 4.78 is 28.2. The van der Waals surface area contributed by atoms with E-state index in [1.54, 1.807) is 24.1 Å². The van der Waals surface area contributed by atoms with Gasteiger partial charge in [-0.1, -0.05) is 26.0 Å². The van der Waals surface area contributed by atoms with Crippen LogP contribution in [0.15, 0.2) is 51.9 Å². The number of aromatic nitrogens is 1. The minimum absolute atomic E-state index is 0.135. The lowest BCUT2D eigenvalue weighted by molar-refractivity contribution is 0.597. The number of hydrogen-bond donors (Lipinski definition) is 0. The van der Waals surface area contributed by atoms with E-state index in [1.165, 1.54) is 11.6 Å². The molecule has 0 fully saturated rings. The van der Waals surface area contributed by atoms with Gasteiger partial charge in [-0.3, -0.25) is 4.90 Å². The van der Waals surface area contributed by atoms with E-state index in [-0.39, 0.29) is 4.90 Å². The van der Waals surface area contributed by atoms with Gasteiger partial charge in [0.15, 0.2) is 5.82 Å². The van der Waals surface area contributed by atoms with Crippen molar-refractivity contribution in [3.05, 3.63) is 48.2 Å². The fraction of sp³-hybridized carbons (Fsp3) is 0.250. The van der Waals surface area contributed by atoms with Crippen LogP contribution < -0.4 is 4.90 Å². The van der Waals surface area contributed by atoms with Crippen molar-refractivity contribution >= 4 is 27.4 Å². The topological polar surface area (TPSA) is 62.6 Å². The maximum atomic E-state index is 12.2. The first kappa shape index (κ1) is 14.7. The molecule has 0 N–H and O–H groups in total. The van der Waals surface area contributed by atoms with Crippen molar-refractivity contribution < 1.29 is 8.42 Å². The average molecular weight is 315 g/mol. The second-order valence-electron chi connectivity index (χ2n) is 5.52. The van der Waals surface area contributed by atoms with Crippen LogP contribution >= 0.6 is 0 Å². The molecule has 3 rings (SSSR count). The summed E-state index contributed by atoms with van der Waals surface area (Å²) in [7, 11) is -3.67. The number of sulfonamides is 1. The molecule has 1 aliphatic rings. The Hall–Kier alpha value is -2.21. The van der Waals surface area contributed by atoms with Crippen molar-refractivity contribution in [1.82, 2.24) is 4.98 Å². The molecule has 0 amide bonds. The highest BCUT2D eigenvalue weighted by Gasteiger charge is 2.30. The first-order chi connectivity index (χ1) is 10.4. The number of fused-ring (bicyclic) bond motifs is 1. The molecule has 2 heterocycles. The Morgan fingerprint density at radius 1 is 1.14 bits per heavy atom. The van der Waals surface area contributed by atoms with Gasteiger partial charge in [-0.25, -0.2) is 4.98 Å². The Balaban J connectivity index is 2.21. The molecule has 0 radical (unpaired) electrons. The Morgan fingerprint density at radius 2 is 1.91 bits per heavy atom. The molecular weight excluding hydrogens is 298 g/mol. The fourth-order valence-corrected chi connectivity index (χ4v) is 3.65. The lowest BCUT2D eigenvalue weighted by Gasteiger charge is -2.28. The van der Waals surface area contributed by atoms with Gasteiger partial charge in [0.05, 0.1) is 0 Å². The summed E-state index contributed by atoms with van der Waals surface area (Å²) in [5, 5.41) is 0. The normalized spacial score (nSPS) is 16.4. The van der Waals surface area contributed by atoms with Crippen molar-refractivity contribution in [2.75, 3.05) is 4.90 Å². The second-order valence-corrected chi connectivity index (χ2v) is 7.10. The summed E-state index contributed by atoms with van der Waals surface area (Å²) in [5.74, 6) is 1.18. The molecule has 0 atom stereocenters. The molecule has 0 saturated heterocycles. The number of rotatable bonds is 2. The lowest BCUT2D eigenvalue weighted by Crippen LogP contribution is -2.30. The third-order valence-electron chi connectivity index (χ3n) is 3.61. The van der Waals surface area contributed by atoms with Crippen molar-refractivity contribution in [1.29, 1.82) is 0 Å². The molecule has 114 valence electrons. The molecule has 1 aromatic heterocycles. The van der Waals surface area contributed by atoms with Crippen LogP contribution in [0, 0.1) is 0 Å². The maximum absolute atomic E-state index is 12.2. The molecule has 0 unspecified atom stereocenters. The predicted molar refractivity (Wildman–Crippen MR) is 87.2 cm³/mol. The van der Waals surface area contributed by atoms with Gasteiger partial charge in [0.25, 0.3) is 10.0 Å². The summed E-state index contributed by atoms with van der Waals surface area (Å²) >= 11 is 0. The molecule has 0 bridgehead atoms. The molecule has 5 nitrogen and oxygen atoms in total. The highest BCUT2D eigenvalue weighted by atomic mass is 32.2. The van der Waals surface area contributed by atoms with Crippen molar-refractivity contribution in [2.24, 2.45) is 4.40 Å². The quantitative estimate of drug-likeness (QED) is 0.851. The van der Waals surface area contributed by atoms with Gasteiger partial charge >= 0.3 is 0 Å². The second kappa shape index (κ2) is 5.21. The number of amidine groups is 1. The van der Waals surface area contributed by atoms with Crippen molar-refractivity contribution in [2.45, 2.75) is 31.6 Å². The Labute approximate surface area is 130 Å². The van der Waals surface area contributed by atoms with Crippen LogP contribution in [0.4, 0.5) is 11.5 Å². The van der Waals surface area contributed by atoms with E-state index < -0.39 is 10.0 Å². The largest absolute Gasteiger partial charge is 0.287 e. The minimum Gasteiger partial charge on any atom is -0.281 e. The first-order valence-corrected chi connectivity index (χ1v) is 8.51. The van der Waals surface area contributed by atoms with Crippen LogP contribution in [0.1, 0.15) is 32.3 Å².